The van der Waals surface area contributed by atoms with Crippen LogP contribution < -0.4 is 4.90 Å². The van der Waals surface area contributed by atoms with Crippen molar-refractivity contribution in [1.82, 2.24) is 4.90 Å². The molecule has 0 aromatic heterocycles. The van der Waals surface area contributed by atoms with Gasteiger partial charge in [-0.15, -0.1) is 0 Å². The molecule has 7 rings (SSSR count). The van der Waals surface area contributed by atoms with Gasteiger partial charge in [0, 0.05) is 24.4 Å². The highest BCUT2D eigenvalue weighted by Crippen LogP contribution is 2.60. The van der Waals surface area contributed by atoms with E-state index in [2.05, 4.69) is 24.3 Å². The van der Waals surface area contributed by atoms with E-state index in [4.69, 9.17) is 23.2 Å². The number of hydrogen-bond donors (Lipinski definition) is 0. The average Bonchev–Trinajstić information content (AvgIpc) is 3.09. The van der Waals surface area contributed by atoms with Gasteiger partial charge < -0.3 is 0 Å². The Balaban J connectivity index is 1.42. The average molecular weight is 491 g/mol. The lowest BCUT2D eigenvalue weighted by atomic mass is 9.55. The maximum absolute atomic E-state index is 13.8. The van der Waals surface area contributed by atoms with E-state index in [0.29, 0.717) is 15.7 Å². The molecule has 3 aromatic rings. The molecule has 2 atom stereocenters. The lowest BCUT2D eigenvalue weighted by Crippen LogP contribution is -2.44. The summed E-state index contributed by atoms with van der Waals surface area (Å²) in [4.78, 5) is 42.8. The SMILES string of the molecule is CC(=O)N(CN1C(=O)[C@@H]2C3c4ccccc4C(c4ccccc43)[C@@H]2C1=O)c1ccc(Cl)c(Cl)c1. The number of amides is 3. The van der Waals surface area contributed by atoms with Crippen LogP contribution in [0.1, 0.15) is 41.0 Å². The van der Waals surface area contributed by atoms with Gasteiger partial charge in [-0.05, 0) is 40.5 Å². The predicted octanol–water partition coefficient (Wildman–Crippen LogP) is 5.20. The maximum atomic E-state index is 13.8. The van der Waals surface area contributed by atoms with Crippen LogP contribution in [0.5, 0.6) is 0 Å². The molecular formula is C27H20Cl2N2O3. The second-order valence-electron chi connectivity index (χ2n) is 9.06. The number of likely N-dealkylation sites (tertiary alicyclic amines) is 1. The highest BCUT2D eigenvalue weighted by Gasteiger charge is 2.61. The summed E-state index contributed by atoms with van der Waals surface area (Å²) in [6.45, 7) is 1.24. The van der Waals surface area contributed by atoms with Gasteiger partial charge in [-0.3, -0.25) is 24.2 Å². The van der Waals surface area contributed by atoms with Crippen LogP contribution in [0.15, 0.2) is 66.7 Å². The van der Waals surface area contributed by atoms with Crippen molar-refractivity contribution in [2.45, 2.75) is 18.8 Å². The normalized spacial score (nSPS) is 24.0. The highest BCUT2D eigenvalue weighted by molar-refractivity contribution is 6.42. The molecule has 0 radical (unpaired) electrons. The second-order valence-corrected chi connectivity index (χ2v) is 9.87. The van der Waals surface area contributed by atoms with Crippen LogP contribution in [0, 0.1) is 11.8 Å². The number of carbonyl (C=O) groups is 3. The second kappa shape index (κ2) is 7.69. The van der Waals surface area contributed by atoms with Gasteiger partial charge in [0.05, 0.1) is 21.9 Å². The molecule has 0 N–H and O–H groups in total. The Hall–Kier alpha value is -3.15. The Morgan fingerprint density at radius 3 is 1.68 bits per heavy atom. The molecule has 1 saturated heterocycles. The van der Waals surface area contributed by atoms with E-state index in [1.165, 1.54) is 16.7 Å². The van der Waals surface area contributed by atoms with Crippen LogP contribution in [0.2, 0.25) is 10.0 Å². The molecule has 0 spiro atoms. The lowest BCUT2D eigenvalue weighted by molar-refractivity contribution is -0.140. The number of rotatable bonds is 3. The first kappa shape index (κ1) is 21.4. The fraction of sp³-hybridized carbons (Fsp3) is 0.222. The molecule has 5 nitrogen and oxygen atoms in total. The summed E-state index contributed by atoms with van der Waals surface area (Å²) in [6, 6.07) is 21.0. The first-order valence-electron chi connectivity index (χ1n) is 11.1. The summed E-state index contributed by atoms with van der Waals surface area (Å²) in [5, 5.41) is 0.655. The van der Waals surface area contributed by atoms with Crippen LogP contribution in [0.3, 0.4) is 0 Å². The molecule has 0 unspecified atom stereocenters. The summed E-state index contributed by atoms with van der Waals surface area (Å²) >= 11 is 12.2. The number of nitrogens with zero attached hydrogens (tertiary/aromatic N) is 2. The standard InChI is InChI=1S/C27H20Cl2N2O3/c1-14(32)30(15-10-11-20(28)21(29)12-15)13-31-26(33)24-22-16-6-2-3-7-17(16)23(25(24)27(31)34)19-9-5-4-8-18(19)22/h2-12,22-25H,13H2,1H3/t22?,23?,24-,25+. The van der Waals surface area contributed by atoms with Gasteiger partial charge >= 0.3 is 0 Å². The Labute approximate surface area is 206 Å². The number of benzene rings is 3. The quantitative estimate of drug-likeness (QED) is 0.474. The van der Waals surface area contributed by atoms with Crippen LogP contribution in [0.25, 0.3) is 0 Å². The van der Waals surface area contributed by atoms with Crippen LogP contribution in [0.4, 0.5) is 5.69 Å². The number of anilines is 1. The molecule has 0 saturated carbocycles. The third-order valence-corrected chi connectivity index (χ3v) is 8.16. The fourth-order valence-corrected chi connectivity index (χ4v) is 6.33. The third-order valence-electron chi connectivity index (χ3n) is 7.42. The Kier molecular flexibility index (Phi) is 4.84. The monoisotopic (exact) mass is 490 g/mol. The summed E-state index contributed by atoms with van der Waals surface area (Å²) < 4.78 is 0. The van der Waals surface area contributed by atoms with Crippen LogP contribution in [-0.4, -0.2) is 29.3 Å². The van der Waals surface area contributed by atoms with Crippen LogP contribution in [-0.2, 0) is 14.4 Å². The van der Waals surface area contributed by atoms with E-state index in [-0.39, 0.29) is 36.2 Å². The molecule has 4 aliphatic rings. The van der Waals surface area contributed by atoms with Crippen molar-refractivity contribution in [2.24, 2.45) is 11.8 Å². The molecule has 170 valence electrons. The zero-order chi connectivity index (χ0) is 23.7. The molecule has 1 fully saturated rings. The van der Waals surface area contributed by atoms with Gasteiger partial charge in [0.1, 0.15) is 6.67 Å². The molecule has 3 amide bonds. The summed E-state index contributed by atoms with van der Waals surface area (Å²) in [7, 11) is 0. The van der Waals surface area contributed by atoms with E-state index < -0.39 is 11.8 Å². The number of imide groups is 1. The fourth-order valence-electron chi connectivity index (χ4n) is 6.04. The van der Waals surface area contributed by atoms with E-state index >= 15 is 0 Å². The van der Waals surface area contributed by atoms with E-state index in [1.807, 2.05) is 24.3 Å². The van der Waals surface area contributed by atoms with E-state index in [1.54, 1.807) is 18.2 Å². The zero-order valence-corrected chi connectivity index (χ0v) is 19.8. The lowest BCUT2D eigenvalue weighted by Gasteiger charge is -2.45. The van der Waals surface area contributed by atoms with Gasteiger partial charge in [-0.1, -0.05) is 71.7 Å². The summed E-state index contributed by atoms with van der Waals surface area (Å²) in [5.41, 5.74) is 4.94. The van der Waals surface area contributed by atoms with Crippen molar-refractivity contribution in [3.8, 4) is 0 Å². The molecule has 34 heavy (non-hydrogen) atoms. The van der Waals surface area contributed by atoms with E-state index in [9.17, 15) is 14.4 Å². The van der Waals surface area contributed by atoms with Gasteiger partial charge in [-0.2, -0.15) is 0 Å². The van der Waals surface area contributed by atoms with Crippen molar-refractivity contribution in [2.75, 3.05) is 11.6 Å². The van der Waals surface area contributed by atoms with Crippen molar-refractivity contribution >= 4 is 46.6 Å². The largest absolute Gasteiger partial charge is 0.294 e. The summed E-state index contributed by atoms with van der Waals surface area (Å²) in [5.74, 6) is -2.10. The van der Waals surface area contributed by atoms with E-state index in [0.717, 1.165) is 22.3 Å². The first-order valence-corrected chi connectivity index (χ1v) is 11.9. The molecule has 7 heteroatoms. The number of carbonyl (C=O) groups excluding carboxylic acids is 3. The Morgan fingerprint density at radius 1 is 0.794 bits per heavy atom. The van der Waals surface area contributed by atoms with Gasteiger partial charge in [0.2, 0.25) is 17.7 Å². The van der Waals surface area contributed by atoms with Crippen LogP contribution >= 0.6 is 23.2 Å². The molecule has 1 heterocycles. The van der Waals surface area contributed by atoms with Crippen molar-refractivity contribution in [1.29, 1.82) is 0 Å². The minimum Gasteiger partial charge on any atom is -0.294 e. The first-order chi connectivity index (χ1) is 16.4. The molecular weight excluding hydrogens is 471 g/mol. The minimum absolute atomic E-state index is 0.163. The Bertz CT molecular complexity index is 1270. The number of hydrogen-bond acceptors (Lipinski definition) is 3. The number of halogens is 2. The maximum Gasteiger partial charge on any atom is 0.235 e. The third kappa shape index (κ3) is 2.90. The summed E-state index contributed by atoms with van der Waals surface area (Å²) in [6.07, 6.45) is 0. The smallest absolute Gasteiger partial charge is 0.235 e. The topological polar surface area (TPSA) is 57.7 Å². The highest BCUT2D eigenvalue weighted by atomic mass is 35.5. The van der Waals surface area contributed by atoms with Crippen molar-refractivity contribution < 1.29 is 14.4 Å². The predicted molar refractivity (Wildman–Crippen MR) is 130 cm³/mol. The van der Waals surface area contributed by atoms with Gasteiger partial charge in [-0.25, -0.2) is 0 Å². The molecule has 2 bridgehead atoms. The Morgan fingerprint density at radius 2 is 1.26 bits per heavy atom. The van der Waals surface area contributed by atoms with Gasteiger partial charge in [0.25, 0.3) is 0 Å². The molecule has 1 aliphatic heterocycles. The van der Waals surface area contributed by atoms with Crippen molar-refractivity contribution in [3.63, 3.8) is 0 Å². The minimum atomic E-state index is -0.482. The molecule has 3 aliphatic carbocycles. The van der Waals surface area contributed by atoms with Crippen molar-refractivity contribution in [3.05, 3.63) is 99.0 Å². The zero-order valence-electron chi connectivity index (χ0n) is 18.2. The van der Waals surface area contributed by atoms with Gasteiger partial charge in [0.15, 0.2) is 0 Å². The molecule has 3 aromatic carbocycles.